The molecular formula is C15H21N3O3. The zero-order valence-electron chi connectivity index (χ0n) is 12.2. The number of hydrogen-bond donors (Lipinski definition) is 2. The number of likely N-dealkylation sites (tertiary alicyclic amines) is 1. The number of anilines is 1. The third kappa shape index (κ3) is 4.19. The van der Waals surface area contributed by atoms with Gasteiger partial charge in [0.05, 0.1) is 13.2 Å². The molecule has 1 aliphatic heterocycles. The molecule has 1 heterocycles. The molecule has 1 aromatic rings. The van der Waals surface area contributed by atoms with Gasteiger partial charge in [0.1, 0.15) is 0 Å². The van der Waals surface area contributed by atoms with E-state index < -0.39 is 0 Å². The van der Waals surface area contributed by atoms with E-state index >= 15 is 0 Å². The second kappa shape index (κ2) is 7.08. The molecule has 1 fully saturated rings. The summed E-state index contributed by atoms with van der Waals surface area (Å²) in [6, 6.07) is 6.60. The summed E-state index contributed by atoms with van der Waals surface area (Å²) in [6.45, 7) is 2.11. The van der Waals surface area contributed by atoms with Crippen LogP contribution in [0.1, 0.15) is 16.8 Å². The van der Waals surface area contributed by atoms with Gasteiger partial charge in [-0.25, -0.2) is 0 Å². The molecule has 6 heteroatoms. The Morgan fingerprint density at radius 1 is 1.38 bits per heavy atom. The molecule has 0 aliphatic carbocycles. The second-order valence-corrected chi connectivity index (χ2v) is 5.25. The Morgan fingerprint density at radius 3 is 2.76 bits per heavy atom. The maximum atomic E-state index is 12.0. The Labute approximate surface area is 124 Å². The van der Waals surface area contributed by atoms with Crippen LogP contribution in [0.25, 0.3) is 0 Å². The molecule has 0 radical (unpaired) electrons. The van der Waals surface area contributed by atoms with Crippen LogP contribution >= 0.6 is 0 Å². The molecule has 0 aromatic heterocycles. The third-order valence-electron chi connectivity index (χ3n) is 3.61. The van der Waals surface area contributed by atoms with Crippen LogP contribution in [0.5, 0.6) is 0 Å². The minimum Gasteiger partial charge on any atom is -0.399 e. The molecule has 21 heavy (non-hydrogen) atoms. The molecule has 114 valence electrons. The van der Waals surface area contributed by atoms with Crippen molar-refractivity contribution in [2.24, 2.45) is 5.92 Å². The molecule has 3 N–H and O–H groups in total. The minimum atomic E-state index is -0.268. The SMILES string of the molecule is COCC1CCN(C(=O)CNC(=O)c2ccc(N)cc2)C1. The fourth-order valence-electron chi connectivity index (χ4n) is 2.44. The molecule has 2 rings (SSSR count). The topological polar surface area (TPSA) is 84.7 Å². The lowest BCUT2D eigenvalue weighted by Crippen LogP contribution is -2.39. The van der Waals surface area contributed by atoms with Crippen LogP contribution in [0.15, 0.2) is 24.3 Å². The van der Waals surface area contributed by atoms with Gasteiger partial charge in [0.15, 0.2) is 0 Å². The molecule has 0 saturated carbocycles. The molecular weight excluding hydrogens is 270 g/mol. The lowest BCUT2D eigenvalue weighted by atomic mass is 10.1. The third-order valence-corrected chi connectivity index (χ3v) is 3.61. The zero-order chi connectivity index (χ0) is 15.2. The lowest BCUT2D eigenvalue weighted by molar-refractivity contribution is -0.129. The molecule has 2 amide bonds. The number of benzene rings is 1. The number of carbonyl (C=O) groups is 2. The van der Waals surface area contributed by atoms with Crippen molar-refractivity contribution in [3.05, 3.63) is 29.8 Å². The lowest BCUT2D eigenvalue weighted by Gasteiger charge is -2.16. The number of methoxy groups -OCH3 is 1. The molecule has 1 unspecified atom stereocenters. The second-order valence-electron chi connectivity index (χ2n) is 5.25. The molecule has 6 nitrogen and oxygen atoms in total. The van der Waals surface area contributed by atoms with Gasteiger partial charge in [-0.1, -0.05) is 0 Å². The highest BCUT2D eigenvalue weighted by Gasteiger charge is 2.26. The van der Waals surface area contributed by atoms with E-state index in [-0.39, 0.29) is 18.4 Å². The van der Waals surface area contributed by atoms with E-state index in [4.69, 9.17) is 10.5 Å². The van der Waals surface area contributed by atoms with Gasteiger partial charge in [-0.2, -0.15) is 0 Å². The van der Waals surface area contributed by atoms with Crippen molar-refractivity contribution in [3.8, 4) is 0 Å². The van der Waals surface area contributed by atoms with Crippen LogP contribution in [-0.2, 0) is 9.53 Å². The summed E-state index contributed by atoms with van der Waals surface area (Å²) >= 11 is 0. The first-order chi connectivity index (χ1) is 10.1. The van der Waals surface area contributed by atoms with Crippen molar-refractivity contribution in [2.75, 3.05) is 39.1 Å². The van der Waals surface area contributed by atoms with E-state index in [0.29, 0.717) is 30.3 Å². The van der Waals surface area contributed by atoms with Gasteiger partial charge in [0, 0.05) is 37.4 Å². The van der Waals surface area contributed by atoms with E-state index in [9.17, 15) is 9.59 Å². The number of nitrogens with two attached hydrogens (primary N) is 1. The summed E-state index contributed by atoms with van der Waals surface area (Å²) in [5, 5.41) is 2.64. The average Bonchev–Trinajstić information content (AvgIpc) is 2.94. The summed E-state index contributed by atoms with van der Waals surface area (Å²) in [5.74, 6) is 0.0696. The first-order valence-corrected chi connectivity index (χ1v) is 7.00. The maximum absolute atomic E-state index is 12.0. The largest absolute Gasteiger partial charge is 0.399 e. The molecule has 1 aromatic carbocycles. The van der Waals surface area contributed by atoms with Gasteiger partial charge in [-0.05, 0) is 30.7 Å². The Morgan fingerprint density at radius 2 is 2.10 bits per heavy atom. The number of ether oxygens (including phenoxy) is 1. The number of nitrogens with one attached hydrogen (secondary N) is 1. The summed E-state index contributed by atoms with van der Waals surface area (Å²) < 4.78 is 5.10. The Bertz CT molecular complexity index is 501. The zero-order valence-corrected chi connectivity index (χ0v) is 12.2. The van der Waals surface area contributed by atoms with Crippen molar-refractivity contribution < 1.29 is 14.3 Å². The Hall–Kier alpha value is -2.08. The minimum absolute atomic E-state index is 0.0168. The quantitative estimate of drug-likeness (QED) is 0.773. The predicted molar refractivity (Wildman–Crippen MR) is 79.8 cm³/mol. The predicted octanol–water partition coefficient (Wildman–Crippen LogP) is 0.494. The van der Waals surface area contributed by atoms with Crippen LogP contribution < -0.4 is 11.1 Å². The van der Waals surface area contributed by atoms with E-state index in [2.05, 4.69) is 5.32 Å². The number of hydrogen-bond acceptors (Lipinski definition) is 4. The standard InChI is InChI=1S/C15H21N3O3/c1-21-10-11-6-7-18(9-11)14(19)8-17-15(20)12-2-4-13(16)5-3-12/h2-5,11H,6-10,16H2,1H3,(H,17,20). The van der Waals surface area contributed by atoms with Crippen molar-refractivity contribution in [2.45, 2.75) is 6.42 Å². The molecule has 0 spiro atoms. The summed E-state index contributed by atoms with van der Waals surface area (Å²) in [7, 11) is 1.66. The van der Waals surface area contributed by atoms with Crippen molar-refractivity contribution in [3.63, 3.8) is 0 Å². The number of amides is 2. The van der Waals surface area contributed by atoms with E-state index in [1.165, 1.54) is 0 Å². The fraction of sp³-hybridized carbons (Fsp3) is 0.467. The van der Waals surface area contributed by atoms with Gasteiger partial charge in [-0.15, -0.1) is 0 Å². The van der Waals surface area contributed by atoms with Gasteiger partial charge in [0.25, 0.3) is 5.91 Å². The van der Waals surface area contributed by atoms with Crippen LogP contribution in [0.3, 0.4) is 0 Å². The van der Waals surface area contributed by atoms with Crippen LogP contribution in [0.4, 0.5) is 5.69 Å². The smallest absolute Gasteiger partial charge is 0.251 e. The van der Waals surface area contributed by atoms with Gasteiger partial charge >= 0.3 is 0 Å². The molecule has 0 bridgehead atoms. The van der Waals surface area contributed by atoms with Crippen LogP contribution in [-0.4, -0.2) is 50.1 Å². The fourth-order valence-corrected chi connectivity index (χ4v) is 2.44. The number of carbonyl (C=O) groups excluding carboxylic acids is 2. The first-order valence-electron chi connectivity index (χ1n) is 7.00. The Balaban J connectivity index is 1.79. The monoisotopic (exact) mass is 291 g/mol. The first kappa shape index (κ1) is 15.3. The van der Waals surface area contributed by atoms with Gasteiger partial charge in [-0.3, -0.25) is 9.59 Å². The molecule has 1 atom stereocenters. The van der Waals surface area contributed by atoms with Crippen LogP contribution in [0, 0.1) is 5.92 Å². The van der Waals surface area contributed by atoms with Crippen LogP contribution in [0.2, 0.25) is 0 Å². The molecule has 1 saturated heterocycles. The van der Waals surface area contributed by atoms with E-state index in [1.807, 2.05) is 0 Å². The Kier molecular flexibility index (Phi) is 5.16. The van der Waals surface area contributed by atoms with Gasteiger partial charge < -0.3 is 20.7 Å². The average molecular weight is 291 g/mol. The summed E-state index contributed by atoms with van der Waals surface area (Å²) in [4.78, 5) is 25.7. The maximum Gasteiger partial charge on any atom is 0.251 e. The number of rotatable bonds is 5. The van der Waals surface area contributed by atoms with Crippen molar-refractivity contribution in [1.29, 1.82) is 0 Å². The van der Waals surface area contributed by atoms with Crippen molar-refractivity contribution >= 4 is 17.5 Å². The van der Waals surface area contributed by atoms with Crippen molar-refractivity contribution in [1.82, 2.24) is 10.2 Å². The summed E-state index contributed by atoms with van der Waals surface area (Å²) in [5.41, 5.74) is 6.66. The van der Waals surface area contributed by atoms with E-state index in [1.54, 1.807) is 36.3 Å². The highest BCUT2D eigenvalue weighted by atomic mass is 16.5. The summed E-state index contributed by atoms with van der Waals surface area (Å²) in [6.07, 6.45) is 0.950. The molecule has 1 aliphatic rings. The van der Waals surface area contributed by atoms with E-state index in [0.717, 1.165) is 13.0 Å². The normalized spacial score (nSPS) is 17.8. The highest BCUT2D eigenvalue weighted by molar-refractivity contribution is 5.96. The number of nitrogens with zero attached hydrogens (tertiary/aromatic N) is 1. The highest BCUT2D eigenvalue weighted by Crippen LogP contribution is 2.16. The van der Waals surface area contributed by atoms with Gasteiger partial charge in [0.2, 0.25) is 5.91 Å². The number of nitrogen functional groups attached to an aromatic ring is 1.